The van der Waals surface area contributed by atoms with Crippen LogP contribution in [0, 0.1) is 17.8 Å². The molecule has 0 radical (unpaired) electrons. The standard InChI is InChI=1S/C18H24N2O3/c1-11(19-18(23)12-5-3-2-4-6-12)17(22)20-16-14-8-7-13(9-14)15(16)10-21/h2-6,11,13-16,21H,7-10H2,1H3,(H,19,23)(H,20,22). The molecule has 0 aliphatic heterocycles. The van der Waals surface area contributed by atoms with Gasteiger partial charge in [-0.15, -0.1) is 0 Å². The molecule has 0 spiro atoms. The van der Waals surface area contributed by atoms with E-state index >= 15 is 0 Å². The number of nitrogens with one attached hydrogen (secondary N) is 2. The minimum atomic E-state index is -0.596. The van der Waals surface area contributed by atoms with Crippen LogP contribution in [-0.2, 0) is 4.79 Å². The van der Waals surface area contributed by atoms with Crippen molar-refractivity contribution >= 4 is 11.8 Å². The van der Waals surface area contributed by atoms with Gasteiger partial charge in [-0.2, -0.15) is 0 Å². The van der Waals surface area contributed by atoms with Gasteiger partial charge in [0.2, 0.25) is 5.91 Å². The summed E-state index contributed by atoms with van der Waals surface area (Å²) in [6, 6.07) is 8.32. The van der Waals surface area contributed by atoms with E-state index in [4.69, 9.17) is 0 Å². The molecular formula is C18H24N2O3. The Hall–Kier alpha value is -1.88. The molecule has 5 atom stereocenters. The molecule has 0 aromatic heterocycles. The average molecular weight is 316 g/mol. The van der Waals surface area contributed by atoms with Crippen molar-refractivity contribution in [3.63, 3.8) is 0 Å². The molecular weight excluding hydrogens is 292 g/mol. The van der Waals surface area contributed by atoms with E-state index in [0.717, 1.165) is 19.3 Å². The molecule has 2 bridgehead atoms. The Labute approximate surface area is 136 Å². The number of aliphatic hydroxyl groups excluding tert-OH is 1. The fraction of sp³-hybridized carbons (Fsp3) is 0.556. The van der Waals surface area contributed by atoms with Gasteiger partial charge in [0.25, 0.3) is 5.91 Å². The zero-order valence-corrected chi connectivity index (χ0v) is 13.4. The molecule has 2 aliphatic rings. The first-order chi connectivity index (χ1) is 11.1. The number of hydrogen-bond donors (Lipinski definition) is 3. The Bertz CT molecular complexity index is 575. The van der Waals surface area contributed by atoms with Crippen LogP contribution in [0.2, 0.25) is 0 Å². The zero-order valence-electron chi connectivity index (χ0n) is 13.4. The van der Waals surface area contributed by atoms with Crippen LogP contribution in [0.15, 0.2) is 30.3 Å². The van der Waals surface area contributed by atoms with Gasteiger partial charge >= 0.3 is 0 Å². The lowest BCUT2D eigenvalue weighted by atomic mass is 9.85. The van der Waals surface area contributed by atoms with Gasteiger partial charge in [0.1, 0.15) is 6.04 Å². The van der Waals surface area contributed by atoms with Gasteiger partial charge in [-0.1, -0.05) is 18.2 Å². The second-order valence-corrected chi connectivity index (χ2v) is 6.78. The third kappa shape index (κ3) is 3.24. The van der Waals surface area contributed by atoms with Gasteiger partial charge in [0, 0.05) is 24.1 Å². The molecule has 2 amide bonds. The summed E-state index contributed by atoms with van der Waals surface area (Å²) in [5, 5.41) is 15.4. The predicted octanol–water partition coefficient (Wildman–Crippen LogP) is 1.33. The maximum absolute atomic E-state index is 12.4. The maximum Gasteiger partial charge on any atom is 0.251 e. The van der Waals surface area contributed by atoms with Crippen LogP contribution in [0.1, 0.15) is 36.5 Å². The van der Waals surface area contributed by atoms with Crippen LogP contribution < -0.4 is 10.6 Å². The Morgan fingerprint density at radius 2 is 1.91 bits per heavy atom. The highest BCUT2D eigenvalue weighted by molar-refractivity contribution is 5.97. The van der Waals surface area contributed by atoms with E-state index in [1.807, 2.05) is 6.07 Å². The fourth-order valence-corrected chi connectivity index (χ4v) is 4.12. The van der Waals surface area contributed by atoms with Crippen molar-refractivity contribution in [2.45, 2.75) is 38.3 Å². The van der Waals surface area contributed by atoms with Crippen LogP contribution in [0.5, 0.6) is 0 Å². The highest BCUT2D eigenvalue weighted by Crippen LogP contribution is 2.48. The second kappa shape index (κ2) is 6.71. The number of carbonyl (C=O) groups excluding carboxylic acids is 2. The summed E-state index contributed by atoms with van der Waals surface area (Å²) in [4.78, 5) is 24.5. The molecule has 0 heterocycles. The molecule has 5 heteroatoms. The van der Waals surface area contributed by atoms with Crippen LogP contribution in [0.4, 0.5) is 0 Å². The molecule has 5 nitrogen and oxygen atoms in total. The number of fused-ring (bicyclic) bond motifs is 2. The monoisotopic (exact) mass is 316 g/mol. The molecule has 1 aromatic carbocycles. The van der Waals surface area contributed by atoms with E-state index in [2.05, 4.69) is 10.6 Å². The SMILES string of the molecule is CC(NC(=O)c1ccccc1)C(=O)NC1C2CCC(C2)C1CO. The molecule has 2 aliphatic carbocycles. The smallest absolute Gasteiger partial charge is 0.251 e. The molecule has 3 rings (SSSR count). The lowest BCUT2D eigenvalue weighted by Gasteiger charge is -2.31. The normalized spacial score (nSPS) is 30.0. The van der Waals surface area contributed by atoms with Crippen molar-refractivity contribution in [3.05, 3.63) is 35.9 Å². The first-order valence-corrected chi connectivity index (χ1v) is 8.37. The quantitative estimate of drug-likeness (QED) is 0.767. The lowest BCUT2D eigenvalue weighted by Crippen LogP contribution is -2.52. The summed E-state index contributed by atoms with van der Waals surface area (Å²) < 4.78 is 0. The van der Waals surface area contributed by atoms with E-state index in [1.165, 1.54) is 0 Å². The maximum atomic E-state index is 12.4. The van der Waals surface area contributed by atoms with Crippen LogP contribution >= 0.6 is 0 Å². The van der Waals surface area contributed by atoms with Crippen LogP contribution in [0.3, 0.4) is 0 Å². The third-order valence-electron chi connectivity index (χ3n) is 5.38. The van der Waals surface area contributed by atoms with Crippen molar-refractivity contribution in [2.24, 2.45) is 17.8 Å². The van der Waals surface area contributed by atoms with Crippen molar-refractivity contribution < 1.29 is 14.7 Å². The summed E-state index contributed by atoms with van der Waals surface area (Å²) in [6.45, 7) is 1.81. The Morgan fingerprint density at radius 1 is 1.22 bits per heavy atom. The largest absolute Gasteiger partial charge is 0.396 e. The summed E-state index contributed by atoms with van der Waals surface area (Å²) in [5.74, 6) is 0.738. The molecule has 0 saturated heterocycles. The van der Waals surface area contributed by atoms with E-state index in [9.17, 15) is 14.7 Å². The molecule has 5 unspecified atom stereocenters. The number of hydrogen-bond acceptors (Lipinski definition) is 3. The minimum absolute atomic E-state index is 0.0438. The fourth-order valence-electron chi connectivity index (χ4n) is 4.12. The summed E-state index contributed by atoms with van der Waals surface area (Å²) in [7, 11) is 0. The number of carbonyl (C=O) groups is 2. The van der Waals surface area contributed by atoms with Crippen molar-refractivity contribution in [3.8, 4) is 0 Å². The van der Waals surface area contributed by atoms with E-state index in [-0.39, 0.29) is 30.4 Å². The Balaban J connectivity index is 1.57. The van der Waals surface area contributed by atoms with E-state index < -0.39 is 6.04 Å². The van der Waals surface area contributed by atoms with Crippen molar-refractivity contribution in [1.29, 1.82) is 0 Å². The second-order valence-electron chi connectivity index (χ2n) is 6.78. The lowest BCUT2D eigenvalue weighted by molar-refractivity contribution is -0.124. The first kappa shape index (κ1) is 16.0. The van der Waals surface area contributed by atoms with Crippen molar-refractivity contribution in [2.75, 3.05) is 6.61 Å². The molecule has 23 heavy (non-hydrogen) atoms. The zero-order chi connectivity index (χ0) is 16.4. The number of rotatable bonds is 5. The minimum Gasteiger partial charge on any atom is -0.396 e. The Kier molecular flexibility index (Phi) is 4.66. The molecule has 124 valence electrons. The van der Waals surface area contributed by atoms with Gasteiger partial charge in [-0.3, -0.25) is 9.59 Å². The van der Waals surface area contributed by atoms with Gasteiger partial charge < -0.3 is 15.7 Å². The highest BCUT2D eigenvalue weighted by Gasteiger charge is 2.47. The summed E-state index contributed by atoms with van der Waals surface area (Å²) >= 11 is 0. The van der Waals surface area contributed by atoms with E-state index in [1.54, 1.807) is 31.2 Å². The van der Waals surface area contributed by atoms with Crippen molar-refractivity contribution in [1.82, 2.24) is 10.6 Å². The number of aliphatic hydroxyl groups is 1. The molecule has 2 fully saturated rings. The topological polar surface area (TPSA) is 78.4 Å². The molecule has 1 aromatic rings. The number of amides is 2. The Morgan fingerprint density at radius 3 is 2.61 bits per heavy atom. The van der Waals surface area contributed by atoms with Gasteiger partial charge in [0.15, 0.2) is 0 Å². The number of benzene rings is 1. The average Bonchev–Trinajstić information content (AvgIpc) is 3.16. The van der Waals surface area contributed by atoms with Gasteiger partial charge in [0.05, 0.1) is 0 Å². The predicted molar refractivity (Wildman–Crippen MR) is 86.7 cm³/mol. The van der Waals surface area contributed by atoms with E-state index in [0.29, 0.717) is 17.4 Å². The summed E-state index contributed by atoms with van der Waals surface area (Å²) in [6.07, 6.45) is 3.38. The van der Waals surface area contributed by atoms with Gasteiger partial charge in [-0.05, 0) is 50.2 Å². The first-order valence-electron chi connectivity index (χ1n) is 8.37. The summed E-state index contributed by atoms with van der Waals surface area (Å²) in [5.41, 5.74) is 0.542. The molecule has 3 N–H and O–H groups in total. The highest BCUT2D eigenvalue weighted by atomic mass is 16.3. The molecule has 2 saturated carbocycles. The van der Waals surface area contributed by atoms with Crippen LogP contribution in [0.25, 0.3) is 0 Å². The van der Waals surface area contributed by atoms with Gasteiger partial charge in [-0.25, -0.2) is 0 Å². The van der Waals surface area contributed by atoms with Crippen LogP contribution in [-0.4, -0.2) is 35.6 Å². The third-order valence-corrected chi connectivity index (χ3v) is 5.38.